The summed E-state index contributed by atoms with van der Waals surface area (Å²) in [5.41, 5.74) is -0.766. The van der Waals surface area contributed by atoms with Crippen molar-refractivity contribution in [1.29, 1.82) is 5.26 Å². The monoisotopic (exact) mass is 265 g/mol. The summed E-state index contributed by atoms with van der Waals surface area (Å²) >= 11 is 0. The Balaban J connectivity index is 1.76. The van der Waals surface area contributed by atoms with Crippen LogP contribution < -0.4 is 5.32 Å². The van der Waals surface area contributed by atoms with E-state index in [9.17, 15) is 9.59 Å². The fraction of sp³-hybridized carbons (Fsp3) is 0.769. The Bertz CT molecular complexity index is 404. The molecule has 2 fully saturated rings. The number of nitriles is 1. The number of hydrogen-bond acceptors (Lipinski definition) is 4. The van der Waals surface area contributed by atoms with Crippen molar-refractivity contribution in [3.63, 3.8) is 0 Å². The second kappa shape index (κ2) is 5.47. The summed E-state index contributed by atoms with van der Waals surface area (Å²) in [6, 6.07) is 2.15. The van der Waals surface area contributed by atoms with Crippen LogP contribution in [0.2, 0.25) is 0 Å². The first-order valence-electron chi connectivity index (χ1n) is 6.75. The number of carbonyl (C=O) groups excluding carboxylic acids is 2. The van der Waals surface area contributed by atoms with E-state index in [2.05, 4.69) is 11.4 Å². The Kier molecular flexibility index (Phi) is 3.93. The summed E-state index contributed by atoms with van der Waals surface area (Å²) in [5.74, 6) is -0.149. The molecule has 6 heteroatoms. The van der Waals surface area contributed by atoms with Crippen molar-refractivity contribution >= 4 is 12.0 Å². The van der Waals surface area contributed by atoms with Crippen LogP contribution in [0.3, 0.4) is 0 Å². The normalized spacial score (nSPS) is 21.4. The van der Waals surface area contributed by atoms with Gasteiger partial charge in [-0.25, -0.2) is 4.79 Å². The van der Waals surface area contributed by atoms with Crippen LogP contribution in [0, 0.1) is 16.7 Å². The third-order valence-corrected chi connectivity index (χ3v) is 3.75. The third-order valence-electron chi connectivity index (χ3n) is 3.75. The van der Waals surface area contributed by atoms with Gasteiger partial charge in [-0.1, -0.05) is 0 Å². The summed E-state index contributed by atoms with van der Waals surface area (Å²) in [6.07, 6.45) is 2.47. The minimum Gasteiger partial charge on any atom is -0.450 e. The SMILES string of the molecule is CCOC(=O)N1CCC(NC(=O)C2(C#N)CC2)CC1. The van der Waals surface area contributed by atoms with Gasteiger partial charge in [-0.2, -0.15) is 5.26 Å². The molecule has 2 rings (SSSR count). The van der Waals surface area contributed by atoms with Gasteiger partial charge in [0.05, 0.1) is 12.7 Å². The smallest absolute Gasteiger partial charge is 0.409 e. The zero-order chi connectivity index (χ0) is 13.9. The van der Waals surface area contributed by atoms with Crippen LogP contribution in [0.5, 0.6) is 0 Å². The maximum absolute atomic E-state index is 11.9. The van der Waals surface area contributed by atoms with Crippen molar-refractivity contribution < 1.29 is 14.3 Å². The highest BCUT2D eigenvalue weighted by atomic mass is 16.6. The largest absolute Gasteiger partial charge is 0.450 e. The van der Waals surface area contributed by atoms with Crippen molar-refractivity contribution in [2.75, 3.05) is 19.7 Å². The molecule has 0 aromatic heterocycles. The van der Waals surface area contributed by atoms with Crippen LogP contribution in [0.4, 0.5) is 4.79 Å². The lowest BCUT2D eigenvalue weighted by Gasteiger charge is -2.31. The van der Waals surface area contributed by atoms with E-state index in [1.54, 1.807) is 11.8 Å². The highest BCUT2D eigenvalue weighted by Crippen LogP contribution is 2.45. The molecule has 2 aliphatic rings. The Labute approximate surface area is 112 Å². The zero-order valence-corrected chi connectivity index (χ0v) is 11.1. The number of amides is 2. The molecule has 1 saturated heterocycles. The molecule has 1 saturated carbocycles. The number of piperidine rings is 1. The Hall–Kier alpha value is -1.77. The lowest BCUT2D eigenvalue weighted by atomic mass is 10.0. The van der Waals surface area contributed by atoms with Crippen LogP contribution in [0.15, 0.2) is 0 Å². The maximum atomic E-state index is 11.9. The molecule has 0 bridgehead atoms. The van der Waals surface area contributed by atoms with E-state index in [1.165, 1.54) is 0 Å². The van der Waals surface area contributed by atoms with Crippen LogP contribution >= 0.6 is 0 Å². The van der Waals surface area contributed by atoms with Crippen molar-refractivity contribution in [3.05, 3.63) is 0 Å². The molecule has 0 radical (unpaired) electrons. The van der Waals surface area contributed by atoms with E-state index in [4.69, 9.17) is 10.00 Å². The molecule has 1 heterocycles. The third kappa shape index (κ3) is 2.98. The summed E-state index contributed by atoms with van der Waals surface area (Å²) < 4.78 is 4.94. The quantitative estimate of drug-likeness (QED) is 0.826. The minimum absolute atomic E-state index is 0.0593. The number of rotatable bonds is 3. The van der Waals surface area contributed by atoms with E-state index in [0.717, 1.165) is 0 Å². The molecule has 0 aromatic rings. The summed E-state index contributed by atoms with van der Waals surface area (Å²) in [5, 5.41) is 11.9. The molecular weight excluding hydrogens is 246 g/mol. The van der Waals surface area contributed by atoms with Gasteiger partial charge < -0.3 is 15.0 Å². The van der Waals surface area contributed by atoms with Gasteiger partial charge in [0.25, 0.3) is 0 Å². The summed E-state index contributed by atoms with van der Waals surface area (Å²) in [7, 11) is 0. The highest BCUT2D eigenvalue weighted by Gasteiger charge is 2.51. The lowest BCUT2D eigenvalue weighted by molar-refractivity contribution is -0.125. The van der Waals surface area contributed by atoms with E-state index in [1.807, 2.05) is 0 Å². The van der Waals surface area contributed by atoms with E-state index in [-0.39, 0.29) is 18.0 Å². The molecule has 19 heavy (non-hydrogen) atoms. The average Bonchev–Trinajstić information content (AvgIpc) is 3.21. The van der Waals surface area contributed by atoms with Crippen molar-refractivity contribution in [1.82, 2.24) is 10.2 Å². The van der Waals surface area contributed by atoms with Crippen LogP contribution in [0.1, 0.15) is 32.6 Å². The van der Waals surface area contributed by atoms with E-state index in [0.29, 0.717) is 45.4 Å². The predicted octanol–water partition coefficient (Wildman–Crippen LogP) is 1.03. The zero-order valence-electron chi connectivity index (χ0n) is 11.1. The highest BCUT2D eigenvalue weighted by molar-refractivity contribution is 5.88. The van der Waals surface area contributed by atoms with Gasteiger partial charge in [0.2, 0.25) is 5.91 Å². The lowest BCUT2D eigenvalue weighted by Crippen LogP contribution is -2.48. The van der Waals surface area contributed by atoms with Gasteiger partial charge in [0, 0.05) is 19.1 Å². The van der Waals surface area contributed by atoms with E-state index >= 15 is 0 Å². The molecule has 0 aromatic carbocycles. The van der Waals surface area contributed by atoms with Gasteiger partial charge in [0.1, 0.15) is 5.41 Å². The van der Waals surface area contributed by atoms with Gasteiger partial charge >= 0.3 is 6.09 Å². The fourth-order valence-corrected chi connectivity index (χ4v) is 2.26. The van der Waals surface area contributed by atoms with Crippen LogP contribution in [-0.2, 0) is 9.53 Å². The Morgan fingerprint density at radius 1 is 1.42 bits per heavy atom. The molecule has 1 aliphatic carbocycles. The van der Waals surface area contributed by atoms with Crippen molar-refractivity contribution in [2.45, 2.75) is 38.6 Å². The molecule has 0 spiro atoms. The van der Waals surface area contributed by atoms with Crippen molar-refractivity contribution in [2.24, 2.45) is 5.41 Å². The summed E-state index contributed by atoms with van der Waals surface area (Å²) in [6.45, 7) is 3.33. The molecular formula is C13H19N3O3. The molecule has 0 atom stereocenters. The number of ether oxygens (including phenoxy) is 1. The van der Waals surface area contributed by atoms with Gasteiger partial charge in [-0.3, -0.25) is 4.79 Å². The van der Waals surface area contributed by atoms with Gasteiger partial charge in [-0.15, -0.1) is 0 Å². The minimum atomic E-state index is -0.766. The first kappa shape index (κ1) is 13.7. The number of likely N-dealkylation sites (tertiary alicyclic amines) is 1. The van der Waals surface area contributed by atoms with Gasteiger partial charge in [-0.05, 0) is 32.6 Å². The first-order chi connectivity index (χ1) is 9.11. The molecule has 1 aliphatic heterocycles. The average molecular weight is 265 g/mol. The van der Waals surface area contributed by atoms with E-state index < -0.39 is 5.41 Å². The van der Waals surface area contributed by atoms with Crippen LogP contribution in [0.25, 0.3) is 0 Å². The molecule has 6 nitrogen and oxygen atoms in total. The van der Waals surface area contributed by atoms with Crippen molar-refractivity contribution in [3.8, 4) is 6.07 Å². The Morgan fingerprint density at radius 3 is 2.53 bits per heavy atom. The molecule has 104 valence electrons. The molecule has 1 N–H and O–H groups in total. The number of carbonyl (C=O) groups is 2. The predicted molar refractivity (Wildman–Crippen MR) is 67.0 cm³/mol. The standard InChI is InChI=1S/C13H19N3O3/c1-2-19-12(18)16-7-3-10(4-8-16)15-11(17)13(9-14)5-6-13/h10H,2-8H2,1H3,(H,15,17). The fourth-order valence-electron chi connectivity index (χ4n) is 2.26. The maximum Gasteiger partial charge on any atom is 0.409 e. The number of hydrogen-bond donors (Lipinski definition) is 1. The number of nitrogens with one attached hydrogen (secondary N) is 1. The Morgan fingerprint density at radius 2 is 2.05 bits per heavy atom. The summed E-state index contributed by atoms with van der Waals surface area (Å²) in [4.78, 5) is 25.1. The van der Waals surface area contributed by atoms with Crippen LogP contribution in [-0.4, -0.2) is 42.6 Å². The second-order valence-corrected chi connectivity index (χ2v) is 5.13. The molecule has 0 unspecified atom stereocenters. The molecule has 2 amide bonds. The number of nitrogens with zero attached hydrogens (tertiary/aromatic N) is 2. The topological polar surface area (TPSA) is 82.4 Å². The van der Waals surface area contributed by atoms with Gasteiger partial charge in [0.15, 0.2) is 0 Å². The second-order valence-electron chi connectivity index (χ2n) is 5.13. The first-order valence-corrected chi connectivity index (χ1v) is 6.75.